The van der Waals surface area contributed by atoms with Gasteiger partial charge < -0.3 is 5.73 Å². The number of halogens is 2. The minimum absolute atomic E-state index is 0.0580. The fourth-order valence-electron chi connectivity index (χ4n) is 1.95. The summed E-state index contributed by atoms with van der Waals surface area (Å²) >= 11 is 0. The Morgan fingerprint density at radius 3 is 2.71 bits per heavy atom. The van der Waals surface area contributed by atoms with Gasteiger partial charge in [-0.15, -0.1) is 0 Å². The maximum absolute atomic E-state index is 13.3. The first-order chi connectivity index (χ1) is 6.59. The zero-order valence-electron chi connectivity index (χ0n) is 8.00. The molecule has 2 rings (SSSR count). The van der Waals surface area contributed by atoms with Gasteiger partial charge in [-0.25, -0.2) is 8.78 Å². The quantitative estimate of drug-likeness (QED) is 0.774. The van der Waals surface area contributed by atoms with E-state index in [2.05, 4.69) is 0 Å². The van der Waals surface area contributed by atoms with Crippen LogP contribution >= 0.6 is 0 Å². The van der Waals surface area contributed by atoms with Gasteiger partial charge in [-0.1, -0.05) is 0 Å². The molecule has 0 aromatic heterocycles. The Bertz CT molecular complexity index is 349. The summed E-state index contributed by atoms with van der Waals surface area (Å²) in [5, 5.41) is 0. The third-order valence-electron chi connectivity index (χ3n) is 2.87. The van der Waals surface area contributed by atoms with E-state index >= 15 is 0 Å². The molecule has 1 aliphatic carbocycles. The van der Waals surface area contributed by atoms with Gasteiger partial charge in [0.05, 0.1) is 0 Å². The van der Waals surface area contributed by atoms with E-state index in [1.165, 1.54) is 12.1 Å². The van der Waals surface area contributed by atoms with Crippen LogP contribution in [0.2, 0.25) is 0 Å². The summed E-state index contributed by atoms with van der Waals surface area (Å²) in [5.74, 6) is -0.270. The lowest BCUT2D eigenvalue weighted by Gasteiger charge is -2.05. The Morgan fingerprint density at radius 2 is 2.14 bits per heavy atom. The molecule has 0 amide bonds. The van der Waals surface area contributed by atoms with Crippen molar-refractivity contribution in [1.29, 1.82) is 0 Å². The summed E-state index contributed by atoms with van der Waals surface area (Å²) in [7, 11) is 0. The molecule has 0 bridgehead atoms. The van der Waals surface area contributed by atoms with Gasteiger partial charge in [0.2, 0.25) is 0 Å². The summed E-state index contributed by atoms with van der Waals surface area (Å²) < 4.78 is 26.2. The number of rotatable bonds is 2. The molecular weight excluding hydrogens is 184 g/mol. The molecule has 76 valence electrons. The van der Waals surface area contributed by atoms with Crippen molar-refractivity contribution < 1.29 is 8.78 Å². The van der Waals surface area contributed by atoms with Crippen LogP contribution in [-0.4, -0.2) is 6.04 Å². The fraction of sp³-hybridized carbons (Fsp3) is 0.455. The largest absolute Gasteiger partial charge is 0.328 e. The smallest absolute Gasteiger partial charge is 0.126 e. The highest BCUT2D eigenvalue weighted by molar-refractivity contribution is 5.28. The van der Waals surface area contributed by atoms with Crippen LogP contribution in [0, 0.1) is 17.6 Å². The first-order valence-corrected chi connectivity index (χ1v) is 4.80. The molecule has 1 saturated carbocycles. The highest BCUT2D eigenvalue weighted by Gasteiger charge is 2.42. The van der Waals surface area contributed by atoms with Crippen molar-refractivity contribution in [3.05, 3.63) is 35.4 Å². The molecular formula is C11H13F2N. The number of nitrogens with two attached hydrogens (primary N) is 1. The topological polar surface area (TPSA) is 26.0 Å². The molecule has 14 heavy (non-hydrogen) atoms. The molecule has 0 aliphatic heterocycles. The van der Waals surface area contributed by atoms with Crippen molar-refractivity contribution in [1.82, 2.24) is 0 Å². The summed E-state index contributed by atoms with van der Waals surface area (Å²) in [6.45, 7) is 1.90. The van der Waals surface area contributed by atoms with Gasteiger partial charge in [-0.2, -0.15) is 0 Å². The monoisotopic (exact) mass is 197 g/mol. The first-order valence-electron chi connectivity index (χ1n) is 4.80. The second-order valence-corrected chi connectivity index (χ2v) is 4.03. The molecule has 3 heteroatoms. The van der Waals surface area contributed by atoms with E-state index in [4.69, 9.17) is 5.73 Å². The van der Waals surface area contributed by atoms with E-state index in [0.717, 1.165) is 12.5 Å². The Morgan fingerprint density at radius 1 is 1.43 bits per heavy atom. The van der Waals surface area contributed by atoms with Gasteiger partial charge in [0.25, 0.3) is 0 Å². The molecule has 1 fully saturated rings. The molecule has 0 saturated heterocycles. The van der Waals surface area contributed by atoms with Gasteiger partial charge in [0.1, 0.15) is 11.6 Å². The molecule has 1 aliphatic rings. The van der Waals surface area contributed by atoms with Crippen molar-refractivity contribution in [3.8, 4) is 0 Å². The highest BCUT2D eigenvalue weighted by Crippen LogP contribution is 2.49. The van der Waals surface area contributed by atoms with Crippen molar-refractivity contribution in [2.45, 2.75) is 25.3 Å². The molecule has 1 nitrogen and oxygen atoms in total. The predicted molar refractivity (Wildman–Crippen MR) is 50.9 cm³/mol. The number of hydrogen-bond donors (Lipinski definition) is 1. The summed E-state index contributed by atoms with van der Waals surface area (Å²) in [6.07, 6.45) is 0.873. The lowest BCUT2D eigenvalue weighted by molar-refractivity contribution is 0.572. The Labute approximate surface area is 81.9 Å². The van der Waals surface area contributed by atoms with Crippen LogP contribution in [0.3, 0.4) is 0 Å². The zero-order chi connectivity index (χ0) is 10.3. The SMILES string of the molecule is C[C@H](N)[C@H]1C[C@@H]1c1cc(F)ccc1F. The van der Waals surface area contributed by atoms with Crippen LogP contribution in [0.4, 0.5) is 8.78 Å². The average Bonchev–Trinajstić information content (AvgIpc) is 2.88. The van der Waals surface area contributed by atoms with E-state index in [9.17, 15) is 8.78 Å². The molecule has 0 radical (unpaired) electrons. The van der Waals surface area contributed by atoms with Gasteiger partial charge >= 0.3 is 0 Å². The standard InChI is InChI=1S/C11H13F2N/c1-6(14)8-5-9(8)10-4-7(12)2-3-11(10)13/h2-4,6,8-9H,5,14H2,1H3/t6-,8+,9-/m0/s1. The Balaban J connectivity index is 2.22. The third-order valence-corrected chi connectivity index (χ3v) is 2.87. The van der Waals surface area contributed by atoms with Crippen LogP contribution in [0.5, 0.6) is 0 Å². The third kappa shape index (κ3) is 1.64. The maximum atomic E-state index is 13.3. The molecule has 3 atom stereocenters. The molecule has 2 N–H and O–H groups in total. The zero-order valence-corrected chi connectivity index (χ0v) is 8.00. The summed E-state index contributed by atoms with van der Waals surface area (Å²) in [6, 6.07) is 3.66. The molecule has 1 aromatic rings. The average molecular weight is 197 g/mol. The van der Waals surface area contributed by atoms with Gasteiger partial charge in [0.15, 0.2) is 0 Å². The van der Waals surface area contributed by atoms with Gasteiger partial charge in [-0.05, 0) is 48.9 Å². The first kappa shape index (κ1) is 9.59. The van der Waals surface area contributed by atoms with Crippen molar-refractivity contribution >= 4 is 0 Å². The predicted octanol–water partition coefficient (Wildman–Crippen LogP) is 2.42. The van der Waals surface area contributed by atoms with Gasteiger partial charge in [0, 0.05) is 6.04 Å². The normalized spacial score (nSPS) is 27.4. The summed E-state index contributed by atoms with van der Waals surface area (Å²) in [4.78, 5) is 0. The minimum atomic E-state index is -0.378. The Kier molecular flexibility index (Phi) is 2.27. The van der Waals surface area contributed by atoms with Crippen LogP contribution in [0.15, 0.2) is 18.2 Å². The molecule has 0 spiro atoms. The highest BCUT2D eigenvalue weighted by atomic mass is 19.1. The molecule has 1 aromatic carbocycles. The second kappa shape index (κ2) is 3.31. The molecule has 0 unspecified atom stereocenters. The Hall–Kier alpha value is -0.960. The second-order valence-electron chi connectivity index (χ2n) is 4.03. The van der Waals surface area contributed by atoms with E-state index in [1.807, 2.05) is 6.92 Å². The lowest BCUT2D eigenvalue weighted by Crippen LogP contribution is -2.18. The van der Waals surface area contributed by atoms with E-state index < -0.39 is 0 Å². The van der Waals surface area contributed by atoms with Crippen molar-refractivity contribution in [3.63, 3.8) is 0 Å². The van der Waals surface area contributed by atoms with Crippen LogP contribution < -0.4 is 5.73 Å². The maximum Gasteiger partial charge on any atom is 0.126 e. The van der Waals surface area contributed by atoms with Crippen LogP contribution in [0.1, 0.15) is 24.8 Å². The lowest BCUT2D eigenvalue weighted by atomic mass is 10.1. The van der Waals surface area contributed by atoms with Gasteiger partial charge in [-0.3, -0.25) is 0 Å². The van der Waals surface area contributed by atoms with Crippen LogP contribution in [-0.2, 0) is 0 Å². The van der Waals surface area contributed by atoms with E-state index in [0.29, 0.717) is 11.5 Å². The molecule has 0 heterocycles. The summed E-state index contributed by atoms with van der Waals surface area (Å²) in [5.41, 5.74) is 6.18. The fourth-order valence-corrected chi connectivity index (χ4v) is 1.95. The van der Waals surface area contributed by atoms with Crippen molar-refractivity contribution in [2.75, 3.05) is 0 Å². The number of hydrogen-bond acceptors (Lipinski definition) is 1. The van der Waals surface area contributed by atoms with Crippen LogP contribution in [0.25, 0.3) is 0 Å². The minimum Gasteiger partial charge on any atom is -0.328 e. The number of benzene rings is 1. The van der Waals surface area contributed by atoms with E-state index in [1.54, 1.807) is 0 Å². The van der Waals surface area contributed by atoms with E-state index in [-0.39, 0.29) is 23.6 Å². The van der Waals surface area contributed by atoms with Crippen molar-refractivity contribution in [2.24, 2.45) is 11.7 Å².